The van der Waals surface area contributed by atoms with Gasteiger partial charge in [-0.3, -0.25) is 0 Å². The number of carbonyl (C=O) groups is 1. The summed E-state index contributed by atoms with van der Waals surface area (Å²) in [5.74, 6) is 1.68. The highest BCUT2D eigenvalue weighted by Crippen LogP contribution is 2.55. The Labute approximate surface area is 166 Å². The van der Waals surface area contributed by atoms with Gasteiger partial charge in [-0.25, -0.2) is 4.79 Å². The molecule has 1 amide bonds. The van der Waals surface area contributed by atoms with Crippen molar-refractivity contribution in [2.75, 3.05) is 27.3 Å². The second-order valence-corrected chi connectivity index (χ2v) is 7.60. The van der Waals surface area contributed by atoms with Gasteiger partial charge < -0.3 is 30.0 Å². The molecule has 1 aromatic carbocycles. The summed E-state index contributed by atoms with van der Waals surface area (Å²) in [6, 6.07) is 4.16. The van der Waals surface area contributed by atoms with Gasteiger partial charge in [0, 0.05) is 18.5 Å². The number of hydrogen-bond acceptors (Lipinski definition) is 6. The van der Waals surface area contributed by atoms with Gasteiger partial charge in [-0.1, -0.05) is 25.1 Å². The Morgan fingerprint density at radius 2 is 2.25 bits per heavy atom. The zero-order valence-electron chi connectivity index (χ0n) is 16.8. The number of aliphatic hydroxyl groups excluding tert-OH is 1. The Balaban J connectivity index is 0.000000279. The van der Waals surface area contributed by atoms with Crippen LogP contribution in [0.4, 0.5) is 4.79 Å². The summed E-state index contributed by atoms with van der Waals surface area (Å²) >= 11 is 0. The molecule has 1 aliphatic carbocycles. The number of primary amides is 1. The largest absolute Gasteiger partial charge is 0.493 e. The predicted octanol–water partition coefficient (Wildman–Crippen LogP) is 2.34. The van der Waals surface area contributed by atoms with Gasteiger partial charge in [-0.2, -0.15) is 0 Å². The molecule has 1 aromatic rings. The molecule has 3 aliphatic rings. The van der Waals surface area contributed by atoms with Crippen molar-refractivity contribution in [3.63, 3.8) is 0 Å². The van der Waals surface area contributed by atoms with Gasteiger partial charge >= 0.3 is 6.09 Å². The third-order valence-electron chi connectivity index (χ3n) is 5.60. The van der Waals surface area contributed by atoms with Crippen molar-refractivity contribution in [3.05, 3.63) is 35.4 Å². The van der Waals surface area contributed by atoms with Crippen LogP contribution in [0.1, 0.15) is 37.3 Å². The lowest BCUT2D eigenvalue weighted by atomic mass is 9.69. The highest BCUT2D eigenvalue weighted by molar-refractivity contribution is 5.64. The first-order valence-corrected chi connectivity index (χ1v) is 9.76. The number of amides is 1. The summed E-state index contributed by atoms with van der Waals surface area (Å²) in [4.78, 5) is 12.1. The van der Waals surface area contributed by atoms with E-state index in [4.69, 9.17) is 9.47 Å². The first-order chi connectivity index (χ1) is 13.4. The average Bonchev–Trinajstić information content (AvgIpc) is 2.92. The van der Waals surface area contributed by atoms with Crippen LogP contribution < -0.4 is 15.2 Å². The first-order valence-electron chi connectivity index (χ1n) is 9.76. The summed E-state index contributed by atoms with van der Waals surface area (Å²) in [7, 11) is 3.84. The molecule has 1 spiro atoms. The number of methoxy groups -OCH3 is 1. The van der Waals surface area contributed by atoms with Crippen molar-refractivity contribution in [1.29, 1.82) is 0 Å². The van der Waals surface area contributed by atoms with Crippen LogP contribution in [0.3, 0.4) is 0 Å². The van der Waals surface area contributed by atoms with E-state index in [1.807, 2.05) is 19.1 Å². The van der Waals surface area contributed by atoms with E-state index < -0.39 is 12.2 Å². The Morgan fingerprint density at radius 1 is 1.46 bits per heavy atom. The van der Waals surface area contributed by atoms with Crippen molar-refractivity contribution in [1.82, 2.24) is 4.90 Å². The normalized spacial score (nSPS) is 27.4. The van der Waals surface area contributed by atoms with Gasteiger partial charge in [-0.05, 0) is 38.1 Å². The van der Waals surface area contributed by atoms with Crippen LogP contribution in [0.15, 0.2) is 24.3 Å². The van der Waals surface area contributed by atoms with Crippen LogP contribution in [0.5, 0.6) is 11.5 Å². The van der Waals surface area contributed by atoms with Crippen LogP contribution in [-0.4, -0.2) is 55.6 Å². The van der Waals surface area contributed by atoms with Gasteiger partial charge in [0.15, 0.2) is 11.5 Å². The fourth-order valence-corrected chi connectivity index (χ4v) is 4.28. The maximum atomic E-state index is 9.97. The Bertz CT molecular complexity index is 751. The number of ether oxygens (including phenoxy) is 3. The number of aliphatic hydroxyl groups is 1. The maximum Gasteiger partial charge on any atom is 0.404 e. The fraction of sp³-hybridized carbons (Fsp3) is 0.571. The molecule has 0 saturated carbocycles. The van der Waals surface area contributed by atoms with Gasteiger partial charge in [0.05, 0.1) is 25.2 Å². The molecule has 0 bridgehead atoms. The topological polar surface area (TPSA) is 94.2 Å². The molecule has 0 unspecified atom stereocenters. The number of rotatable bonds is 3. The monoisotopic (exact) mass is 390 g/mol. The zero-order chi connectivity index (χ0) is 20.3. The molecule has 0 aromatic heterocycles. The number of carbonyl (C=O) groups excluding carboxylic acids is 1. The van der Waals surface area contributed by atoms with Crippen molar-refractivity contribution in [3.8, 4) is 11.5 Å². The molecule has 3 N–H and O–H groups in total. The molecule has 0 saturated heterocycles. The minimum absolute atomic E-state index is 0.00838. The third-order valence-corrected chi connectivity index (χ3v) is 5.60. The van der Waals surface area contributed by atoms with Gasteiger partial charge in [0.1, 0.15) is 6.10 Å². The molecular formula is C21H30N2O5. The Hall–Kier alpha value is -2.25. The third kappa shape index (κ3) is 3.82. The Morgan fingerprint density at radius 3 is 2.89 bits per heavy atom. The summed E-state index contributed by atoms with van der Waals surface area (Å²) < 4.78 is 16.1. The molecule has 28 heavy (non-hydrogen) atoms. The lowest BCUT2D eigenvalue weighted by Crippen LogP contribution is -2.42. The van der Waals surface area contributed by atoms with E-state index in [-0.39, 0.29) is 11.5 Å². The molecule has 3 atom stereocenters. The van der Waals surface area contributed by atoms with Crippen LogP contribution in [0.2, 0.25) is 0 Å². The quantitative estimate of drug-likeness (QED) is 0.770. The molecule has 4 rings (SSSR count). The van der Waals surface area contributed by atoms with E-state index in [0.29, 0.717) is 13.0 Å². The standard InChI is InChI=1S/C17H21NO3.C4H9NO2/c1-18-8-7-17-6-5-12(19)9-14(17)21-16-13(20-2)4-3-11(10-18)15(16)17;1-2-3-7-4(5)6/h3-6,12,14,19H,7-10H2,1-2H3;2-3H2,1H3,(H2,5,6)/t12-,14-,17-;/m0./s1. The van der Waals surface area contributed by atoms with E-state index in [1.165, 1.54) is 11.1 Å². The number of benzene rings is 1. The average molecular weight is 390 g/mol. The van der Waals surface area contributed by atoms with Gasteiger partial charge in [0.2, 0.25) is 0 Å². The Kier molecular flexibility index (Phi) is 6.15. The minimum atomic E-state index is -0.693. The second kappa shape index (κ2) is 8.41. The minimum Gasteiger partial charge on any atom is -0.493 e. The van der Waals surface area contributed by atoms with Crippen molar-refractivity contribution in [2.45, 2.75) is 50.4 Å². The predicted molar refractivity (Wildman–Crippen MR) is 106 cm³/mol. The van der Waals surface area contributed by atoms with Crippen LogP contribution in [-0.2, 0) is 16.7 Å². The first kappa shape index (κ1) is 20.5. The van der Waals surface area contributed by atoms with Crippen molar-refractivity contribution < 1.29 is 24.1 Å². The molecule has 0 fully saturated rings. The van der Waals surface area contributed by atoms with Crippen molar-refractivity contribution >= 4 is 6.09 Å². The maximum absolute atomic E-state index is 9.97. The van der Waals surface area contributed by atoms with Gasteiger partial charge in [-0.15, -0.1) is 0 Å². The van der Waals surface area contributed by atoms with E-state index in [0.717, 1.165) is 37.4 Å². The summed E-state index contributed by atoms with van der Waals surface area (Å²) in [6.07, 6.45) is 5.51. The summed E-state index contributed by atoms with van der Waals surface area (Å²) in [6.45, 7) is 4.29. The molecule has 7 heteroatoms. The SMILES string of the molecule is CCCOC(N)=O.COc1ccc2c3c1O[C@H]1C[C@@H](O)C=C[C@@]31CCN(C)C2. The summed E-state index contributed by atoms with van der Waals surface area (Å²) in [5, 5.41) is 9.97. The fourth-order valence-electron chi connectivity index (χ4n) is 4.28. The van der Waals surface area contributed by atoms with E-state index >= 15 is 0 Å². The number of nitrogens with zero attached hydrogens (tertiary/aromatic N) is 1. The van der Waals surface area contributed by atoms with Crippen LogP contribution >= 0.6 is 0 Å². The highest BCUT2D eigenvalue weighted by atomic mass is 16.5. The van der Waals surface area contributed by atoms with Crippen LogP contribution in [0.25, 0.3) is 0 Å². The van der Waals surface area contributed by atoms with E-state index in [9.17, 15) is 9.90 Å². The molecule has 7 nitrogen and oxygen atoms in total. The summed E-state index contributed by atoms with van der Waals surface area (Å²) in [5.41, 5.74) is 7.10. The smallest absolute Gasteiger partial charge is 0.404 e. The molecule has 0 radical (unpaired) electrons. The molecule has 154 valence electrons. The number of hydrogen-bond donors (Lipinski definition) is 2. The molecule has 2 aliphatic heterocycles. The molecule has 2 heterocycles. The highest BCUT2D eigenvalue weighted by Gasteiger charge is 2.52. The molecular weight excluding hydrogens is 360 g/mol. The lowest BCUT2D eigenvalue weighted by molar-refractivity contribution is 0.0821. The van der Waals surface area contributed by atoms with Gasteiger partial charge in [0.25, 0.3) is 0 Å². The second-order valence-electron chi connectivity index (χ2n) is 7.60. The van der Waals surface area contributed by atoms with Crippen molar-refractivity contribution in [2.24, 2.45) is 5.73 Å². The zero-order valence-corrected chi connectivity index (χ0v) is 16.8. The van der Waals surface area contributed by atoms with E-state index in [1.54, 1.807) is 7.11 Å². The van der Waals surface area contributed by atoms with Crippen LogP contribution in [0, 0.1) is 0 Å². The van der Waals surface area contributed by atoms with E-state index in [2.05, 4.69) is 34.6 Å². The lowest BCUT2D eigenvalue weighted by Gasteiger charge is -2.35. The number of nitrogens with two attached hydrogens (primary N) is 1.